The lowest BCUT2D eigenvalue weighted by Gasteiger charge is -2.20. The van der Waals surface area contributed by atoms with Crippen molar-refractivity contribution in [3.8, 4) is 0 Å². The van der Waals surface area contributed by atoms with Gasteiger partial charge in [-0.3, -0.25) is 0 Å². The van der Waals surface area contributed by atoms with Crippen molar-refractivity contribution in [3.05, 3.63) is 28.3 Å². The third-order valence-electron chi connectivity index (χ3n) is 2.52. The molecule has 0 fully saturated rings. The van der Waals surface area contributed by atoms with Crippen molar-refractivity contribution < 1.29 is 9.53 Å². The van der Waals surface area contributed by atoms with E-state index < -0.39 is 5.60 Å². The minimum atomic E-state index is -0.502. The number of hydrogen-bond acceptors (Lipinski definition) is 3. The summed E-state index contributed by atoms with van der Waals surface area (Å²) in [5.41, 5.74) is 2.08. The summed E-state index contributed by atoms with van der Waals surface area (Å²) >= 11 is 6.09. The fraction of sp³-hybridized carbons (Fsp3) is 0.462. The molecule has 0 aliphatic carbocycles. The molecule has 1 aliphatic rings. The van der Waals surface area contributed by atoms with Gasteiger partial charge in [-0.05, 0) is 44.9 Å². The zero-order chi connectivity index (χ0) is 12.6. The van der Waals surface area contributed by atoms with E-state index in [1.165, 1.54) is 0 Å². The van der Waals surface area contributed by atoms with Crippen LogP contribution in [0.5, 0.6) is 0 Å². The molecule has 1 heterocycles. The van der Waals surface area contributed by atoms with Crippen molar-refractivity contribution in [2.45, 2.75) is 32.8 Å². The number of carbonyl (C=O) groups excluding carboxylic acids is 1. The second kappa shape index (κ2) is 4.22. The highest BCUT2D eigenvalue weighted by Gasteiger charge is 2.22. The van der Waals surface area contributed by atoms with E-state index in [1.807, 2.05) is 26.8 Å². The van der Waals surface area contributed by atoms with E-state index in [-0.39, 0.29) is 5.97 Å². The molecule has 0 radical (unpaired) electrons. The molecule has 3 nitrogen and oxygen atoms in total. The summed E-state index contributed by atoms with van der Waals surface area (Å²) in [6.45, 7) is 6.42. The van der Waals surface area contributed by atoms with Gasteiger partial charge in [0.25, 0.3) is 0 Å². The van der Waals surface area contributed by atoms with E-state index in [9.17, 15) is 4.79 Å². The number of esters is 1. The topological polar surface area (TPSA) is 38.3 Å². The van der Waals surface area contributed by atoms with Crippen LogP contribution in [0.3, 0.4) is 0 Å². The van der Waals surface area contributed by atoms with Gasteiger partial charge in [0.2, 0.25) is 0 Å². The summed E-state index contributed by atoms with van der Waals surface area (Å²) in [5, 5.41) is 3.66. The van der Waals surface area contributed by atoms with Crippen LogP contribution >= 0.6 is 11.6 Å². The third-order valence-corrected chi connectivity index (χ3v) is 2.83. The molecule has 0 saturated heterocycles. The maximum absolute atomic E-state index is 12.0. The monoisotopic (exact) mass is 253 g/mol. The Labute approximate surface area is 106 Å². The lowest BCUT2D eigenvalue weighted by Crippen LogP contribution is -2.24. The van der Waals surface area contributed by atoms with Crippen LogP contribution in [0, 0.1) is 0 Å². The van der Waals surface area contributed by atoms with Crippen molar-refractivity contribution in [1.82, 2.24) is 0 Å². The Hall–Kier alpha value is -1.22. The predicted octanol–water partition coefficient (Wildman–Crippen LogP) is 3.26. The predicted molar refractivity (Wildman–Crippen MR) is 68.8 cm³/mol. The first-order chi connectivity index (χ1) is 7.87. The number of carbonyl (C=O) groups is 1. The van der Waals surface area contributed by atoms with Crippen LogP contribution in [0.4, 0.5) is 5.69 Å². The number of rotatable bonds is 1. The van der Waals surface area contributed by atoms with E-state index in [0.717, 1.165) is 24.2 Å². The van der Waals surface area contributed by atoms with Gasteiger partial charge < -0.3 is 10.1 Å². The zero-order valence-corrected chi connectivity index (χ0v) is 11.0. The average molecular weight is 254 g/mol. The lowest BCUT2D eigenvalue weighted by molar-refractivity contribution is 0.00697. The summed E-state index contributed by atoms with van der Waals surface area (Å²) in [5.74, 6) is -0.364. The van der Waals surface area contributed by atoms with Crippen LogP contribution in [0.25, 0.3) is 0 Å². The van der Waals surface area contributed by atoms with Crippen LogP contribution in [0.15, 0.2) is 12.1 Å². The van der Waals surface area contributed by atoms with Crippen molar-refractivity contribution in [3.63, 3.8) is 0 Å². The molecule has 0 amide bonds. The van der Waals surface area contributed by atoms with Gasteiger partial charge in [-0.1, -0.05) is 11.6 Å². The summed E-state index contributed by atoms with van der Waals surface area (Å²) in [4.78, 5) is 12.0. The Morgan fingerprint density at radius 3 is 2.76 bits per heavy atom. The molecular weight excluding hydrogens is 238 g/mol. The smallest absolute Gasteiger partial charge is 0.340 e. The van der Waals surface area contributed by atoms with Gasteiger partial charge in [0.1, 0.15) is 5.60 Å². The lowest BCUT2D eigenvalue weighted by atomic mass is 10.1. The summed E-state index contributed by atoms with van der Waals surface area (Å²) in [6, 6.07) is 3.62. The van der Waals surface area contributed by atoms with Gasteiger partial charge in [-0.25, -0.2) is 4.79 Å². The van der Waals surface area contributed by atoms with E-state index in [2.05, 4.69) is 5.32 Å². The van der Waals surface area contributed by atoms with Crippen molar-refractivity contribution in [2.75, 3.05) is 11.9 Å². The molecule has 1 aliphatic heterocycles. The maximum Gasteiger partial charge on any atom is 0.340 e. The minimum absolute atomic E-state index is 0.364. The number of anilines is 1. The molecule has 0 unspecified atom stereocenters. The first-order valence-electron chi connectivity index (χ1n) is 5.66. The zero-order valence-electron chi connectivity index (χ0n) is 10.3. The average Bonchev–Trinajstić information content (AvgIpc) is 2.60. The van der Waals surface area contributed by atoms with Gasteiger partial charge in [-0.15, -0.1) is 0 Å². The molecule has 0 atom stereocenters. The maximum atomic E-state index is 12.0. The highest BCUT2D eigenvalue weighted by Crippen LogP contribution is 2.30. The normalized spacial score (nSPS) is 14.1. The minimum Gasteiger partial charge on any atom is -0.456 e. The largest absolute Gasteiger partial charge is 0.456 e. The molecule has 2 rings (SSSR count). The van der Waals surface area contributed by atoms with Crippen LogP contribution in [-0.2, 0) is 11.2 Å². The molecule has 92 valence electrons. The highest BCUT2D eigenvalue weighted by molar-refractivity contribution is 6.34. The number of nitrogens with one attached hydrogen (secondary N) is 1. The number of benzene rings is 1. The van der Waals surface area contributed by atoms with E-state index >= 15 is 0 Å². The van der Waals surface area contributed by atoms with Crippen molar-refractivity contribution >= 4 is 23.3 Å². The molecule has 4 heteroatoms. The standard InChI is InChI=1S/C13H16ClNO2/c1-13(2,3)17-12(16)9-6-8-4-5-15-11(8)7-10(9)14/h6-7,15H,4-5H2,1-3H3. The Balaban J connectivity index is 2.30. The van der Waals surface area contributed by atoms with Gasteiger partial charge in [0.15, 0.2) is 0 Å². The van der Waals surface area contributed by atoms with E-state index in [0.29, 0.717) is 10.6 Å². The second-order valence-electron chi connectivity index (χ2n) is 5.17. The number of fused-ring (bicyclic) bond motifs is 1. The van der Waals surface area contributed by atoms with Crippen molar-refractivity contribution in [2.24, 2.45) is 0 Å². The first kappa shape index (κ1) is 12.2. The Morgan fingerprint density at radius 2 is 2.12 bits per heavy atom. The molecule has 0 aromatic heterocycles. The van der Waals surface area contributed by atoms with Gasteiger partial charge in [0.05, 0.1) is 10.6 Å². The molecule has 0 saturated carbocycles. The molecule has 1 aromatic rings. The van der Waals surface area contributed by atoms with Crippen LogP contribution in [0.2, 0.25) is 5.02 Å². The number of hydrogen-bond donors (Lipinski definition) is 1. The molecule has 1 aromatic carbocycles. The summed E-state index contributed by atoms with van der Waals surface area (Å²) < 4.78 is 5.32. The fourth-order valence-electron chi connectivity index (χ4n) is 1.81. The van der Waals surface area contributed by atoms with Gasteiger partial charge >= 0.3 is 5.97 Å². The van der Waals surface area contributed by atoms with Crippen LogP contribution in [0.1, 0.15) is 36.7 Å². The van der Waals surface area contributed by atoms with E-state index in [4.69, 9.17) is 16.3 Å². The second-order valence-corrected chi connectivity index (χ2v) is 5.58. The van der Waals surface area contributed by atoms with Crippen LogP contribution in [-0.4, -0.2) is 18.1 Å². The molecule has 1 N–H and O–H groups in total. The quantitative estimate of drug-likeness (QED) is 0.781. The third kappa shape index (κ3) is 2.72. The van der Waals surface area contributed by atoms with E-state index in [1.54, 1.807) is 6.07 Å². The summed E-state index contributed by atoms with van der Waals surface area (Å²) in [6.07, 6.45) is 0.919. The number of halogens is 1. The van der Waals surface area contributed by atoms with Gasteiger partial charge in [0, 0.05) is 12.2 Å². The molecule has 0 bridgehead atoms. The molecular formula is C13H16ClNO2. The SMILES string of the molecule is CC(C)(C)OC(=O)c1cc2c(cc1Cl)NCC2. The Morgan fingerprint density at radius 1 is 1.41 bits per heavy atom. The Bertz CT molecular complexity index is 463. The summed E-state index contributed by atoms with van der Waals surface area (Å²) in [7, 11) is 0. The van der Waals surface area contributed by atoms with Crippen molar-refractivity contribution in [1.29, 1.82) is 0 Å². The van der Waals surface area contributed by atoms with Gasteiger partial charge in [-0.2, -0.15) is 0 Å². The van der Waals surface area contributed by atoms with Crippen LogP contribution < -0.4 is 5.32 Å². The fourth-order valence-corrected chi connectivity index (χ4v) is 2.05. The molecule has 17 heavy (non-hydrogen) atoms. The molecule has 0 spiro atoms. The highest BCUT2D eigenvalue weighted by atomic mass is 35.5. The number of ether oxygens (including phenoxy) is 1. The first-order valence-corrected chi connectivity index (χ1v) is 6.04. The Kier molecular flexibility index (Phi) is 3.04.